The van der Waals surface area contributed by atoms with E-state index < -0.39 is 0 Å². The first-order chi connectivity index (χ1) is 7.25. The van der Waals surface area contributed by atoms with Gasteiger partial charge >= 0.3 is 0 Å². The molecule has 17 heavy (non-hydrogen) atoms. The normalized spacial score (nSPS) is 13.9. The summed E-state index contributed by atoms with van der Waals surface area (Å²) >= 11 is 0. The number of amides is 1. The number of rotatable bonds is 3. The molecule has 1 aliphatic rings. The third-order valence-corrected chi connectivity index (χ3v) is 2.54. The van der Waals surface area contributed by atoms with Crippen LogP contribution in [-0.4, -0.2) is 30.5 Å². The van der Waals surface area contributed by atoms with Crippen molar-refractivity contribution in [1.29, 1.82) is 0 Å². The second kappa shape index (κ2) is 7.48. The predicted molar refractivity (Wildman–Crippen MR) is 72.2 cm³/mol. The van der Waals surface area contributed by atoms with E-state index in [1.807, 2.05) is 19.1 Å². The van der Waals surface area contributed by atoms with Crippen molar-refractivity contribution in [1.82, 2.24) is 15.6 Å². The van der Waals surface area contributed by atoms with Crippen molar-refractivity contribution in [2.24, 2.45) is 5.92 Å². The van der Waals surface area contributed by atoms with E-state index in [1.54, 1.807) is 6.07 Å². The monoisotopic (exact) mass is 277 g/mol. The molecule has 96 valence electrons. The van der Waals surface area contributed by atoms with Crippen LogP contribution in [0.4, 0.5) is 0 Å². The molecule has 1 aromatic rings. The highest BCUT2D eigenvalue weighted by Crippen LogP contribution is 2.02. The van der Waals surface area contributed by atoms with Crippen LogP contribution in [0.3, 0.4) is 0 Å². The number of pyridine rings is 1. The summed E-state index contributed by atoms with van der Waals surface area (Å²) in [5.41, 5.74) is 1.37. The summed E-state index contributed by atoms with van der Waals surface area (Å²) in [6.07, 6.45) is 0. The van der Waals surface area contributed by atoms with Gasteiger partial charge in [-0.15, -0.1) is 24.8 Å². The van der Waals surface area contributed by atoms with Crippen molar-refractivity contribution in [2.75, 3.05) is 19.6 Å². The summed E-state index contributed by atoms with van der Waals surface area (Å²) in [6.45, 7) is 4.62. The van der Waals surface area contributed by atoms with Crippen molar-refractivity contribution >= 4 is 30.7 Å². The molecule has 0 saturated carbocycles. The van der Waals surface area contributed by atoms with Crippen LogP contribution < -0.4 is 10.6 Å². The standard InChI is InChI=1S/C11H15N3O.2ClH/c1-8-3-2-4-10(14-8)11(15)13-7-9-5-12-6-9;;/h2-4,9,12H,5-7H2,1H3,(H,13,15);2*1H. The molecule has 1 saturated heterocycles. The number of hydrogen-bond acceptors (Lipinski definition) is 3. The van der Waals surface area contributed by atoms with E-state index in [4.69, 9.17) is 0 Å². The van der Waals surface area contributed by atoms with E-state index in [9.17, 15) is 4.79 Å². The van der Waals surface area contributed by atoms with Crippen LogP contribution in [-0.2, 0) is 0 Å². The third kappa shape index (κ3) is 4.50. The zero-order valence-corrected chi connectivity index (χ0v) is 11.2. The molecule has 0 radical (unpaired) electrons. The fourth-order valence-electron chi connectivity index (χ4n) is 1.49. The Kier molecular flexibility index (Phi) is 7.11. The Labute approximate surface area is 113 Å². The second-order valence-electron chi connectivity index (χ2n) is 3.90. The molecule has 2 N–H and O–H groups in total. The predicted octanol–water partition coefficient (Wildman–Crippen LogP) is 1.18. The van der Waals surface area contributed by atoms with E-state index in [2.05, 4.69) is 15.6 Å². The van der Waals surface area contributed by atoms with Gasteiger partial charge in [-0.3, -0.25) is 4.79 Å². The molecule has 4 nitrogen and oxygen atoms in total. The maximum Gasteiger partial charge on any atom is 0.269 e. The van der Waals surface area contributed by atoms with Crippen molar-refractivity contribution in [3.63, 3.8) is 0 Å². The Balaban J connectivity index is 0.00000128. The summed E-state index contributed by atoms with van der Waals surface area (Å²) in [4.78, 5) is 15.8. The molecule has 0 spiro atoms. The van der Waals surface area contributed by atoms with E-state index in [0.29, 0.717) is 11.6 Å². The molecule has 6 heteroatoms. The van der Waals surface area contributed by atoms with Gasteiger partial charge in [0.15, 0.2) is 0 Å². The van der Waals surface area contributed by atoms with Crippen LogP contribution in [0, 0.1) is 12.8 Å². The molecule has 1 aliphatic heterocycles. The van der Waals surface area contributed by atoms with Crippen molar-refractivity contribution in [3.05, 3.63) is 29.6 Å². The average Bonchev–Trinajstić information content (AvgIpc) is 2.15. The smallest absolute Gasteiger partial charge is 0.269 e. The van der Waals surface area contributed by atoms with Crippen molar-refractivity contribution in [2.45, 2.75) is 6.92 Å². The first-order valence-electron chi connectivity index (χ1n) is 5.18. The van der Waals surface area contributed by atoms with Crippen LogP contribution in [0.1, 0.15) is 16.2 Å². The molecule has 0 unspecified atom stereocenters. The fraction of sp³-hybridized carbons (Fsp3) is 0.455. The van der Waals surface area contributed by atoms with Gasteiger partial charge in [0, 0.05) is 31.2 Å². The third-order valence-electron chi connectivity index (χ3n) is 2.54. The van der Waals surface area contributed by atoms with Gasteiger partial charge < -0.3 is 10.6 Å². The first-order valence-corrected chi connectivity index (χ1v) is 5.18. The molecule has 1 amide bonds. The molecular weight excluding hydrogens is 261 g/mol. The van der Waals surface area contributed by atoms with Gasteiger partial charge in [-0.1, -0.05) is 6.07 Å². The lowest BCUT2D eigenvalue weighted by Crippen LogP contribution is -2.48. The van der Waals surface area contributed by atoms with Crippen molar-refractivity contribution < 1.29 is 4.79 Å². The Morgan fingerprint density at radius 1 is 1.47 bits per heavy atom. The molecule has 1 fully saturated rings. The molecular formula is C11H17Cl2N3O. The summed E-state index contributed by atoms with van der Waals surface area (Å²) in [7, 11) is 0. The summed E-state index contributed by atoms with van der Waals surface area (Å²) in [5.74, 6) is 0.504. The minimum Gasteiger partial charge on any atom is -0.350 e. The zero-order chi connectivity index (χ0) is 10.7. The largest absolute Gasteiger partial charge is 0.350 e. The lowest BCUT2D eigenvalue weighted by Gasteiger charge is -2.26. The Bertz CT molecular complexity index is 369. The maximum absolute atomic E-state index is 11.6. The first kappa shape index (κ1) is 16.2. The summed E-state index contributed by atoms with van der Waals surface area (Å²) < 4.78 is 0. The number of nitrogens with one attached hydrogen (secondary N) is 2. The molecule has 0 atom stereocenters. The van der Waals surface area contributed by atoms with Crippen molar-refractivity contribution in [3.8, 4) is 0 Å². The SMILES string of the molecule is Cc1cccc(C(=O)NCC2CNC2)n1.Cl.Cl. The second-order valence-corrected chi connectivity index (χ2v) is 3.90. The van der Waals surface area contributed by atoms with Gasteiger partial charge in [-0.25, -0.2) is 4.98 Å². The fourth-order valence-corrected chi connectivity index (χ4v) is 1.49. The Hall–Kier alpha value is -0.840. The maximum atomic E-state index is 11.6. The number of aromatic nitrogens is 1. The van der Waals surface area contributed by atoms with Crippen LogP contribution in [0.5, 0.6) is 0 Å². The van der Waals surface area contributed by atoms with Gasteiger partial charge in [0.2, 0.25) is 0 Å². The molecule has 2 heterocycles. The molecule has 2 rings (SSSR count). The highest BCUT2D eigenvalue weighted by atomic mass is 35.5. The van der Waals surface area contributed by atoms with Gasteiger partial charge in [0.25, 0.3) is 5.91 Å². The van der Waals surface area contributed by atoms with E-state index >= 15 is 0 Å². The number of carbonyl (C=O) groups is 1. The number of halogens is 2. The molecule has 0 bridgehead atoms. The van der Waals surface area contributed by atoms with E-state index in [1.165, 1.54) is 0 Å². The Morgan fingerprint density at radius 3 is 2.71 bits per heavy atom. The van der Waals surface area contributed by atoms with Gasteiger partial charge in [-0.2, -0.15) is 0 Å². The van der Waals surface area contributed by atoms with Gasteiger partial charge in [-0.05, 0) is 19.1 Å². The summed E-state index contributed by atoms with van der Waals surface area (Å²) in [5, 5.41) is 6.05. The number of hydrogen-bond donors (Lipinski definition) is 2. The van der Waals surface area contributed by atoms with Gasteiger partial charge in [0.05, 0.1) is 0 Å². The van der Waals surface area contributed by atoms with E-state index in [-0.39, 0.29) is 30.7 Å². The molecule has 0 aliphatic carbocycles. The minimum absolute atomic E-state index is 0. The number of carbonyl (C=O) groups excluding carboxylic acids is 1. The minimum atomic E-state index is -0.0781. The lowest BCUT2D eigenvalue weighted by atomic mass is 10.0. The highest BCUT2D eigenvalue weighted by Gasteiger charge is 2.17. The summed E-state index contributed by atoms with van der Waals surface area (Å²) in [6, 6.07) is 5.47. The average molecular weight is 278 g/mol. The molecule has 1 aromatic heterocycles. The van der Waals surface area contributed by atoms with Crippen LogP contribution in [0.15, 0.2) is 18.2 Å². The highest BCUT2D eigenvalue weighted by molar-refractivity contribution is 5.92. The van der Waals surface area contributed by atoms with Crippen LogP contribution in [0.2, 0.25) is 0 Å². The Morgan fingerprint density at radius 2 is 2.18 bits per heavy atom. The van der Waals surface area contributed by atoms with Crippen LogP contribution in [0.25, 0.3) is 0 Å². The lowest BCUT2D eigenvalue weighted by molar-refractivity contribution is 0.0937. The topological polar surface area (TPSA) is 54.0 Å². The van der Waals surface area contributed by atoms with Gasteiger partial charge in [0.1, 0.15) is 5.69 Å². The van der Waals surface area contributed by atoms with Crippen LogP contribution >= 0.6 is 24.8 Å². The zero-order valence-electron chi connectivity index (χ0n) is 9.60. The number of aryl methyl sites for hydroxylation is 1. The number of nitrogens with zero attached hydrogens (tertiary/aromatic N) is 1. The van der Waals surface area contributed by atoms with E-state index in [0.717, 1.165) is 25.3 Å². The quantitative estimate of drug-likeness (QED) is 0.873. The molecule has 0 aromatic carbocycles.